The molecular formula is C21H27N3O3S. The second-order valence-electron chi connectivity index (χ2n) is 6.89. The molecule has 7 heteroatoms. The zero-order chi connectivity index (χ0) is 20.0. The number of hydrogen-bond donors (Lipinski definition) is 2. The molecule has 1 saturated heterocycles. The van der Waals surface area contributed by atoms with E-state index in [2.05, 4.69) is 15.5 Å². The summed E-state index contributed by atoms with van der Waals surface area (Å²) in [5.41, 5.74) is 1.26. The van der Waals surface area contributed by atoms with Gasteiger partial charge in [0.25, 0.3) is 0 Å². The lowest BCUT2D eigenvalue weighted by Gasteiger charge is -2.30. The van der Waals surface area contributed by atoms with Crippen molar-refractivity contribution < 1.29 is 13.2 Å². The monoisotopic (exact) mass is 401 g/mol. The van der Waals surface area contributed by atoms with Crippen molar-refractivity contribution in [3.8, 4) is 0 Å². The molecule has 1 aliphatic heterocycles. The van der Waals surface area contributed by atoms with E-state index in [-0.39, 0.29) is 15.7 Å². The third-order valence-corrected chi connectivity index (χ3v) is 6.65. The largest absolute Gasteiger partial charge is 0.369 e. The normalized spacial score (nSPS) is 14.7. The number of unbranched alkanes of at least 4 members (excludes halogenated alkanes) is 1. The Morgan fingerprint density at radius 3 is 2.50 bits per heavy atom. The number of nitrogens with zero attached hydrogens (tertiary/aromatic N) is 1. The lowest BCUT2D eigenvalue weighted by atomic mass is 10.2. The van der Waals surface area contributed by atoms with Crippen molar-refractivity contribution in [2.45, 2.75) is 36.0 Å². The molecule has 0 atom stereocenters. The van der Waals surface area contributed by atoms with Gasteiger partial charge >= 0.3 is 0 Å². The Kier molecular flexibility index (Phi) is 6.70. The van der Waals surface area contributed by atoms with Crippen molar-refractivity contribution in [2.24, 2.45) is 0 Å². The second kappa shape index (κ2) is 9.21. The summed E-state index contributed by atoms with van der Waals surface area (Å²) < 4.78 is 26.3. The molecule has 2 aromatic rings. The summed E-state index contributed by atoms with van der Waals surface area (Å²) in [6, 6.07) is 13.5. The quantitative estimate of drug-likeness (QED) is 0.746. The molecule has 3 rings (SSSR count). The highest BCUT2D eigenvalue weighted by Crippen LogP contribution is 2.32. The molecule has 150 valence electrons. The lowest BCUT2D eigenvalue weighted by Crippen LogP contribution is -2.43. The summed E-state index contributed by atoms with van der Waals surface area (Å²) in [6.07, 6.45) is 2.05. The fraction of sp³-hybridized carbons (Fsp3) is 0.381. The van der Waals surface area contributed by atoms with Crippen LogP contribution in [0.1, 0.15) is 26.2 Å². The predicted octanol–water partition coefficient (Wildman–Crippen LogP) is 3.06. The van der Waals surface area contributed by atoms with E-state index in [1.165, 1.54) is 0 Å². The molecule has 0 unspecified atom stereocenters. The van der Waals surface area contributed by atoms with Gasteiger partial charge in [0, 0.05) is 38.3 Å². The van der Waals surface area contributed by atoms with Crippen molar-refractivity contribution in [1.82, 2.24) is 5.32 Å². The topological polar surface area (TPSA) is 78.5 Å². The zero-order valence-electron chi connectivity index (χ0n) is 16.1. The number of hydrogen-bond acceptors (Lipinski definition) is 5. The smallest absolute Gasteiger partial charge is 0.224 e. The minimum absolute atomic E-state index is 0.127. The number of rotatable bonds is 7. The Bertz CT molecular complexity index is 908. The number of carbonyl (C=O) groups is 1. The van der Waals surface area contributed by atoms with Crippen LogP contribution in [0.2, 0.25) is 0 Å². The van der Waals surface area contributed by atoms with Crippen LogP contribution in [0.5, 0.6) is 0 Å². The molecule has 0 bridgehead atoms. The van der Waals surface area contributed by atoms with E-state index in [0.29, 0.717) is 12.1 Å². The number of anilines is 2. The van der Waals surface area contributed by atoms with Crippen LogP contribution in [-0.4, -0.2) is 40.5 Å². The standard InChI is InChI=1S/C21H27N3O3S/c1-2-3-9-21(25)23-19-16-17(24-14-12-22-13-15-24)10-11-20(19)28(26,27)18-7-5-4-6-8-18/h4-8,10-11,16,22H,2-3,9,12-15H2,1H3,(H,23,25). The number of sulfone groups is 1. The summed E-state index contributed by atoms with van der Waals surface area (Å²) in [5, 5.41) is 6.14. The fourth-order valence-corrected chi connectivity index (χ4v) is 4.66. The van der Waals surface area contributed by atoms with E-state index in [4.69, 9.17) is 0 Å². The molecule has 0 spiro atoms. The number of carbonyl (C=O) groups excluding carboxylic acids is 1. The van der Waals surface area contributed by atoms with Crippen molar-refractivity contribution in [3.05, 3.63) is 48.5 Å². The van der Waals surface area contributed by atoms with Gasteiger partial charge in [-0.2, -0.15) is 0 Å². The fourth-order valence-electron chi connectivity index (χ4n) is 3.25. The molecule has 2 N–H and O–H groups in total. The number of nitrogens with one attached hydrogen (secondary N) is 2. The molecule has 2 aromatic carbocycles. The minimum Gasteiger partial charge on any atom is -0.369 e. The van der Waals surface area contributed by atoms with E-state index in [0.717, 1.165) is 44.7 Å². The van der Waals surface area contributed by atoms with Crippen LogP contribution in [0.3, 0.4) is 0 Å². The van der Waals surface area contributed by atoms with Gasteiger partial charge in [0.1, 0.15) is 0 Å². The molecule has 1 heterocycles. The van der Waals surface area contributed by atoms with Gasteiger partial charge in [-0.25, -0.2) is 8.42 Å². The average molecular weight is 402 g/mol. The summed E-state index contributed by atoms with van der Waals surface area (Å²) in [5.74, 6) is -0.163. The van der Waals surface area contributed by atoms with Crippen LogP contribution in [0.15, 0.2) is 58.3 Å². The summed E-state index contributed by atoms with van der Waals surface area (Å²) in [7, 11) is -3.73. The molecule has 0 aliphatic carbocycles. The third-order valence-electron chi connectivity index (χ3n) is 4.82. The van der Waals surface area contributed by atoms with Crippen LogP contribution < -0.4 is 15.5 Å². The van der Waals surface area contributed by atoms with Crippen molar-refractivity contribution in [2.75, 3.05) is 36.4 Å². The highest BCUT2D eigenvalue weighted by molar-refractivity contribution is 7.91. The van der Waals surface area contributed by atoms with Gasteiger partial charge in [0.15, 0.2) is 0 Å². The Labute approximate surface area is 166 Å². The van der Waals surface area contributed by atoms with Gasteiger partial charge in [-0.3, -0.25) is 4.79 Å². The molecule has 6 nitrogen and oxygen atoms in total. The minimum atomic E-state index is -3.73. The number of amides is 1. The first kappa shape index (κ1) is 20.4. The molecule has 1 amide bonds. The Morgan fingerprint density at radius 2 is 1.82 bits per heavy atom. The van der Waals surface area contributed by atoms with Crippen molar-refractivity contribution in [3.63, 3.8) is 0 Å². The first-order chi connectivity index (χ1) is 13.5. The zero-order valence-corrected chi connectivity index (χ0v) is 17.0. The number of benzene rings is 2. The second-order valence-corrected chi connectivity index (χ2v) is 8.80. The van der Waals surface area contributed by atoms with Gasteiger partial charge in [-0.1, -0.05) is 31.5 Å². The van der Waals surface area contributed by atoms with Gasteiger partial charge in [0.05, 0.1) is 15.5 Å². The summed E-state index contributed by atoms with van der Waals surface area (Å²) in [6.45, 7) is 5.45. The third kappa shape index (κ3) is 4.72. The summed E-state index contributed by atoms with van der Waals surface area (Å²) >= 11 is 0. The maximum absolute atomic E-state index is 13.2. The molecule has 0 radical (unpaired) electrons. The average Bonchev–Trinajstić information content (AvgIpc) is 2.73. The SMILES string of the molecule is CCCCC(=O)Nc1cc(N2CCNCC2)ccc1S(=O)(=O)c1ccccc1. The molecular weight excluding hydrogens is 374 g/mol. The maximum atomic E-state index is 13.2. The lowest BCUT2D eigenvalue weighted by molar-refractivity contribution is -0.116. The van der Waals surface area contributed by atoms with Crippen LogP contribution in [-0.2, 0) is 14.6 Å². The summed E-state index contributed by atoms with van der Waals surface area (Å²) in [4.78, 5) is 14.9. The first-order valence-electron chi connectivity index (χ1n) is 9.72. The highest BCUT2D eigenvalue weighted by Gasteiger charge is 2.23. The highest BCUT2D eigenvalue weighted by atomic mass is 32.2. The van der Waals surface area contributed by atoms with E-state index in [9.17, 15) is 13.2 Å². The Balaban J connectivity index is 1.99. The van der Waals surface area contributed by atoms with E-state index < -0.39 is 9.84 Å². The van der Waals surface area contributed by atoms with Crippen LogP contribution in [0.4, 0.5) is 11.4 Å². The van der Waals surface area contributed by atoms with Gasteiger partial charge < -0.3 is 15.5 Å². The van der Waals surface area contributed by atoms with Crippen LogP contribution in [0, 0.1) is 0 Å². The molecule has 1 fully saturated rings. The van der Waals surface area contributed by atoms with Gasteiger partial charge in [-0.15, -0.1) is 0 Å². The van der Waals surface area contributed by atoms with Crippen LogP contribution in [0.25, 0.3) is 0 Å². The van der Waals surface area contributed by atoms with Crippen molar-refractivity contribution in [1.29, 1.82) is 0 Å². The molecule has 0 saturated carbocycles. The molecule has 1 aliphatic rings. The van der Waals surface area contributed by atoms with Crippen molar-refractivity contribution >= 4 is 27.1 Å². The van der Waals surface area contributed by atoms with E-state index >= 15 is 0 Å². The molecule has 0 aromatic heterocycles. The Hall–Kier alpha value is -2.38. The van der Waals surface area contributed by atoms with Gasteiger partial charge in [-0.05, 0) is 36.8 Å². The van der Waals surface area contributed by atoms with Gasteiger partial charge in [0.2, 0.25) is 15.7 Å². The predicted molar refractivity (Wildman–Crippen MR) is 112 cm³/mol. The molecule has 28 heavy (non-hydrogen) atoms. The Morgan fingerprint density at radius 1 is 1.11 bits per heavy atom. The maximum Gasteiger partial charge on any atom is 0.224 e. The first-order valence-corrected chi connectivity index (χ1v) is 11.2. The van der Waals surface area contributed by atoms with E-state index in [1.807, 2.05) is 13.0 Å². The number of piperazine rings is 1. The van der Waals surface area contributed by atoms with E-state index in [1.54, 1.807) is 42.5 Å². The van der Waals surface area contributed by atoms with Crippen LogP contribution >= 0.6 is 0 Å².